The summed E-state index contributed by atoms with van der Waals surface area (Å²) < 4.78 is 17.2. The molecule has 0 fully saturated rings. The number of alkyl carbamates (subject to hydrolysis) is 1. The first kappa shape index (κ1) is 25.5. The van der Waals surface area contributed by atoms with Crippen LogP contribution in [-0.4, -0.2) is 43.3 Å². The van der Waals surface area contributed by atoms with Gasteiger partial charge in [0.25, 0.3) is 5.91 Å². The highest BCUT2D eigenvalue weighted by atomic mass is 79.9. The molecule has 1 aliphatic rings. The van der Waals surface area contributed by atoms with E-state index in [1.54, 1.807) is 39.0 Å². The van der Waals surface area contributed by atoms with Gasteiger partial charge in [0.05, 0.1) is 19.3 Å². The summed E-state index contributed by atoms with van der Waals surface area (Å²) in [4.78, 5) is 40.3. The molecule has 1 aliphatic heterocycles. The molecule has 3 aromatic carbocycles. The summed E-state index contributed by atoms with van der Waals surface area (Å²) in [5.41, 5.74) is 0.736. The second-order valence-electron chi connectivity index (χ2n) is 9.33. The molecule has 0 aromatic heterocycles. The summed E-state index contributed by atoms with van der Waals surface area (Å²) in [5, 5.41) is 4.59. The zero-order chi connectivity index (χ0) is 26.0. The summed E-state index contributed by atoms with van der Waals surface area (Å²) in [7, 11) is 1.28. The van der Waals surface area contributed by atoms with Crippen LogP contribution in [0.4, 0.5) is 10.5 Å². The number of benzene rings is 3. The summed E-state index contributed by atoms with van der Waals surface area (Å²) in [6.07, 6.45) is -0.738. The van der Waals surface area contributed by atoms with Crippen molar-refractivity contribution >= 4 is 50.4 Å². The van der Waals surface area contributed by atoms with E-state index in [-0.39, 0.29) is 24.5 Å². The Kier molecular flexibility index (Phi) is 7.21. The van der Waals surface area contributed by atoms with Crippen LogP contribution in [0.2, 0.25) is 0 Å². The molecule has 9 heteroatoms. The first-order valence-corrected chi connectivity index (χ1v) is 12.2. The van der Waals surface area contributed by atoms with E-state index in [9.17, 15) is 14.4 Å². The van der Waals surface area contributed by atoms with Crippen LogP contribution in [0.5, 0.6) is 5.75 Å². The van der Waals surface area contributed by atoms with Gasteiger partial charge in [0.15, 0.2) is 5.75 Å². The van der Waals surface area contributed by atoms with Crippen molar-refractivity contribution in [2.45, 2.75) is 39.0 Å². The number of methoxy groups -OCH3 is 1. The summed E-state index contributed by atoms with van der Waals surface area (Å²) in [6.45, 7) is 5.21. The molecular formula is C27H27BrN2O6. The maximum absolute atomic E-state index is 13.8. The third kappa shape index (κ3) is 5.31. The lowest BCUT2D eigenvalue weighted by Crippen LogP contribution is -2.51. The highest BCUT2D eigenvalue weighted by molar-refractivity contribution is 9.10. The molecule has 8 nitrogen and oxygen atoms in total. The van der Waals surface area contributed by atoms with Gasteiger partial charge in [-0.2, -0.15) is 0 Å². The number of anilines is 1. The first-order valence-electron chi connectivity index (χ1n) is 11.4. The highest BCUT2D eigenvalue weighted by Gasteiger charge is 2.36. The third-order valence-corrected chi connectivity index (χ3v) is 6.32. The van der Waals surface area contributed by atoms with Crippen LogP contribution in [0.25, 0.3) is 10.8 Å². The fraction of sp³-hybridized carbons (Fsp3) is 0.296. The Hall–Kier alpha value is -3.59. The van der Waals surface area contributed by atoms with Crippen molar-refractivity contribution in [3.05, 3.63) is 70.2 Å². The lowest BCUT2D eigenvalue weighted by molar-refractivity contribution is -0.121. The standard InChI is InChI=1S/C27H27BrN2O6/c1-27(2,3)36-26(33)29-21-15-35-23-19(25(32)34-4)10-7-11-22(23)30(24(21)31)14-16-12-13-20(28)18-9-6-5-8-17(16)18/h5-13,21H,14-15H2,1-4H3,(H,29,33)/t21-/m0/s1. The molecule has 1 N–H and O–H groups in total. The highest BCUT2D eigenvalue weighted by Crippen LogP contribution is 2.37. The van der Waals surface area contributed by atoms with E-state index in [2.05, 4.69) is 21.2 Å². The van der Waals surface area contributed by atoms with Crippen LogP contribution in [0, 0.1) is 0 Å². The molecule has 4 rings (SSSR count). The normalized spacial score (nSPS) is 15.5. The Morgan fingerprint density at radius 2 is 1.81 bits per heavy atom. The van der Waals surface area contributed by atoms with Gasteiger partial charge in [-0.15, -0.1) is 0 Å². The van der Waals surface area contributed by atoms with Crippen molar-refractivity contribution in [1.82, 2.24) is 5.32 Å². The fourth-order valence-electron chi connectivity index (χ4n) is 4.05. The molecule has 0 spiro atoms. The Balaban J connectivity index is 1.78. The number of para-hydroxylation sites is 1. The Labute approximate surface area is 217 Å². The largest absolute Gasteiger partial charge is 0.488 e. The Bertz CT molecular complexity index is 1330. The zero-order valence-corrected chi connectivity index (χ0v) is 22.0. The van der Waals surface area contributed by atoms with E-state index in [4.69, 9.17) is 14.2 Å². The summed E-state index contributed by atoms with van der Waals surface area (Å²) in [5.74, 6) is -0.770. The van der Waals surface area contributed by atoms with E-state index < -0.39 is 29.6 Å². The number of nitrogens with one attached hydrogen (secondary N) is 1. The molecule has 0 saturated carbocycles. The van der Waals surface area contributed by atoms with Gasteiger partial charge in [-0.1, -0.05) is 52.3 Å². The number of rotatable bonds is 4. The minimum absolute atomic E-state index is 0.181. The van der Waals surface area contributed by atoms with E-state index in [1.165, 1.54) is 12.0 Å². The summed E-state index contributed by atoms with van der Waals surface area (Å²) in [6, 6.07) is 15.6. The van der Waals surface area contributed by atoms with Crippen molar-refractivity contribution in [2.24, 2.45) is 0 Å². The SMILES string of the molecule is COC(=O)c1cccc2c1OC[C@H](NC(=O)OC(C)(C)C)C(=O)N2Cc1ccc(Br)c2ccccc12. The van der Waals surface area contributed by atoms with Crippen LogP contribution in [0.1, 0.15) is 36.7 Å². The second-order valence-corrected chi connectivity index (χ2v) is 10.2. The lowest BCUT2D eigenvalue weighted by Gasteiger charge is -2.27. The van der Waals surface area contributed by atoms with Gasteiger partial charge in [0, 0.05) is 4.47 Å². The predicted octanol–water partition coefficient (Wildman–Crippen LogP) is 5.21. The number of hydrogen-bond acceptors (Lipinski definition) is 6. The molecule has 0 aliphatic carbocycles. The first-order chi connectivity index (χ1) is 17.1. The molecule has 36 heavy (non-hydrogen) atoms. The monoisotopic (exact) mass is 554 g/mol. The maximum atomic E-state index is 13.8. The number of hydrogen-bond donors (Lipinski definition) is 1. The third-order valence-electron chi connectivity index (χ3n) is 5.63. The number of carbonyl (C=O) groups excluding carboxylic acids is 3. The number of ether oxygens (including phenoxy) is 3. The number of amides is 2. The number of carbonyl (C=O) groups is 3. The van der Waals surface area contributed by atoms with Crippen molar-refractivity contribution in [2.75, 3.05) is 18.6 Å². The van der Waals surface area contributed by atoms with Crippen LogP contribution in [0.15, 0.2) is 59.1 Å². The van der Waals surface area contributed by atoms with E-state index in [0.717, 1.165) is 20.8 Å². The zero-order valence-electron chi connectivity index (χ0n) is 20.5. The van der Waals surface area contributed by atoms with Gasteiger partial charge in [-0.25, -0.2) is 9.59 Å². The molecule has 1 atom stereocenters. The number of halogens is 1. The number of nitrogens with zero attached hydrogens (tertiary/aromatic N) is 1. The van der Waals surface area contributed by atoms with Crippen LogP contribution in [-0.2, 0) is 20.8 Å². The van der Waals surface area contributed by atoms with Gasteiger partial charge in [0.2, 0.25) is 0 Å². The second kappa shape index (κ2) is 10.2. The van der Waals surface area contributed by atoms with Crippen molar-refractivity contribution < 1.29 is 28.6 Å². The molecular weight excluding hydrogens is 528 g/mol. The number of fused-ring (bicyclic) bond motifs is 2. The number of esters is 1. The smallest absolute Gasteiger partial charge is 0.408 e. The fourth-order valence-corrected chi connectivity index (χ4v) is 4.53. The van der Waals surface area contributed by atoms with Crippen LogP contribution in [0.3, 0.4) is 0 Å². The van der Waals surface area contributed by atoms with Gasteiger partial charge in [-0.3, -0.25) is 4.79 Å². The molecule has 3 aromatic rings. The van der Waals surface area contributed by atoms with Crippen LogP contribution < -0.4 is 15.0 Å². The summed E-state index contributed by atoms with van der Waals surface area (Å²) >= 11 is 3.59. The van der Waals surface area contributed by atoms with Crippen molar-refractivity contribution in [3.8, 4) is 5.75 Å². The Morgan fingerprint density at radius 1 is 1.08 bits per heavy atom. The van der Waals surface area contributed by atoms with E-state index >= 15 is 0 Å². The average molecular weight is 555 g/mol. The molecule has 0 radical (unpaired) electrons. The molecule has 1 heterocycles. The van der Waals surface area contributed by atoms with Gasteiger partial charge in [0.1, 0.15) is 23.8 Å². The molecule has 0 unspecified atom stereocenters. The van der Waals surface area contributed by atoms with Gasteiger partial charge in [-0.05, 0) is 55.3 Å². The maximum Gasteiger partial charge on any atom is 0.408 e. The predicted molar refractivity (Wildman–Crippen MR) is 139 cm³/mol. The van der Waals surface area contributed by atoms with E-state index in [1.807, 2.05) is 36.4 Å². The van der Waals surface area contributed by atoms with Crippen molar-refractivity contribution in [3.63, 3.8) is 0 Å². The average Bonchev–Trinajstić information content (AvgIpc) is 2.96. The topological polar surface area (TPSA) is 94.2 Å². The molecule has 188 valence electrons. The van der Waals surface area contributed by atoms with Gasteiger partial charge >= 0.3 is 12.1 Å². The van der Waals surface area contributed by atoms with Gasteiger partial charge < -0.3 is 24.4 Å². The minimum Gasteiger partial charge on any atom is -0.488 e. The van der Waals surface area contributed by atoms with Crippen LogP contribution >= 0.6 is 15.9 Å². The minimum atomic E-state index is -1.04. The Morgan fingerprint density at radius 3 is 2.50 bits per heavy atom. The molecule has 0 saturated heterocycles. The quantitative estimate of drug-likeness (QED) is 0.445. The van der Waals surface area contributed by atoms with E-state index in [0.29, 0.717) is 5.69 Å². The molecule has 2 amide bonds. The lowest BCUT2D eigenvalue weighted by atomic mass is 10.0. The molecule has 0 bridgehead atoms. The van der Waals surface area contributed by atoms with Crippen molar-refractivity contribution in [1.29, 1.82) is 0 Å².